The first-order chi connectivity index (χ1) is 14.9. The maximum atomic E-state index is 12.3. The number of fused-ring (bicyclic) bond motifs is 1. The zero-order valence-electron chi connectivity index (χ0n) is 16.5. The Kier molecular flexibility index (Phi) is 5.92. The van der Waals surface area contributed by atoms with Gasteiger partial charge in [-0.2, -0.15) is 0 Å². The third kappa shape index (κ3) is 4.54. The first-order valence-electron chi connectivity index (χ1n) is 9.49. The molecular formula is C21H19N3O6S. The van der Waals surface area contributed by atoms with Crippen molar-refractivity contribution in [1.82, 2.24) is 15.2 Å². The lowest BCUT2D eigenvalue weighted by atomic mass is 10.2. The molecule has 2 aliphatic heterocycles. The van der Waals surface area contributed by atoms with Crippen LogP contribution in [0.4, 0.5) is 0 Å². The number of aliphatic hydroxyl groups excluding tert-OH is 1. The lowest BCUT2D eigenvalue weighted by Crippen LogP contribution is -2.48. The average Bonchev–Trinajstić information content (AvgIpc) is 3.04. The smallest absolute Gasteiger partial charge is 0.361 e. The fraction of sp³-hybridized carbons (Fsp3) is 0.238. The van der Waals surface area contributed by atoms with Crippen molar-refractivity contribution >= 4 is 29.5 Å². The fourth-order valence-electron chi connectivity index (χ4n) is 3.06. The summed E-state index contributed by atoms with van der Waals surface area (Å²) in [5.41, 5.74) is 1.30. The molecule has 2 amide bonds. The van der Waals surface area contributed by atoms with Gasteiger partial charge >= 0.3 is 5.97 Å². The molecule has 31 heavy (non-hydrogen) atoms. The molecule has 2 aliphatic rings. The fourth-order valence-corrected chi connectivity index (χ4v) is 4.30. The molecule has 2 aromatic rings. The lowest BCUT2D eigenvalue weighted by molar-refractivity contribution is -0.165. The quantitative estimate of drug-likeness (QED) is 0.379. The zero-order valence-corrected chi connectivity index (χ0v) is 17.3. The van der Waals surface area contributed by atoms with E-state index >= 15 is 0 Å². The van der Waals surface area contributed by atoms with Crippen LogP contribution in [-0.2, 0) is 20.9 Å². The summed E-state index contributed by atoms with van der Waals surface area (Å²) in [6.07, 6.45) is 2.32. The minimum absolute atomic E-state index is 0.0227. The second-order valence-electron chi connectivity index (χ2n) is 6.85. The topological polar surface area (TPSA) is 118 Å². The van der Waals surface area contributed by atoms with Gasteiger partial charge in [-0.15, -0.1) is 0 Å². The molecule has 0 unspecified atom stereocenters. The molecule has 160 valence electrons. The number of ether oxygens (including phenoxy) is 2. The van der Waals surface area contributed by atoms with Gasteiger partial charge in [0.2, 0.25) is 5.91 Å². The van der Waals surface area contributed by atoms with Crippen molar-refractivity contribution in [2.45, 2.75) is 31.6 Å². The van der Waals surface area contributed by atoms with Crippen LogP contribution in [0.25, 0.3) is 0 Å². The predicted molar refractivity (Wildman–Crippen MR) is 110 cm³/mol. The van der Waals surface area contributed by atoms with Gasteiger partial charge in [0.05, 0.1) is 11.8 Å². The van der Waals surface area contributed by atoms with Crippen molar-refractivity contribution in [1.29, 1.82) is 0 Å². The standard InChI is InChI=1S/C21H19N3O6S/c1-12(25)29-20(28)18-21(31-17-9-16(26)24(17)18)30-15-6-4-14(5-7-15)19(27)23-11-13-3-2-8-22-10-13/h2-8,10,12,17,25H,9,11H2,1H3,(H,23,27)/t12-,17-/m1/s1. The number of carbonyl (C=O) groups excluding carboxylic acids is 3. The summed E-state index contributed by atoms with van der Waals surface area (Å²) in [5.74, 6) is -0.904. The van der Waals surface area contributed by atoms with Crippen molar-refractivity contribution in [3.8, 4) is 5.75 Å². The summed E-state index contributed by atoms with van der Waals surface area (Å²) in [6.45, 7) is 1.66. The Morgan fingerprint density at radius 1 is 1.32 bits per heavy atom. The Labute approximate surface area is 182 Å². The number of aromatic nitrogens is 1. The molecular weight excluding hydrogens is 422 g/mol. The van der Waals surface area contributed by atoms with Gasteiger partial charge in [-0.3, -0.25) is 19.5 Å². The summed E-state index contributed by atoms with van der Waals surface area (Å²) in [7, 11) is 0. The number of nitrogens with one attached hydrogen (secondary N) is 1. The molecule has 0 aliphatic carbocycles. The molecule has 1 fully saturated rings. The van der Waals surface area contributed by atoms with E-state index in [-0.39, 0.29) is 28.0 Å². The highest BCUT2D eigenvalue weighted by atomic mass is 32.2. The summed E-state index contributed by atoms with van der Waals surface area (Å²) in [6, 6.07) is 10.1. The first kappa shape index (κ1) is 20.9. The van der Waals surface area contributed by atoms with Crippen LogP contribution in [0.1, 0.15) is 29.3 Å². The van der Waals surface area contributed by atoms with E-state index in [1.807, 2.05) is 6.07 Å². The monoisotopic (exact) mass is 441 g/mol. The second kappa shape index (κ2) is 8.78. The summed E-state index contributed by atoms with van der Waals surface area (Å²) >= 11 is 1.23. The van der Waals surface area contributed by atoms with Crippen molar-refractivity contribution in [3.05, 3.63) is 70.7 Å². The van der Waals surface area contributed by atoms with E-state index in [9.17, 15) is 19.5 Å². The highest BCUT2D eigenvalue weighted by molar-refractivity contribution is 8.03. The van der Waals surface area contributed by atoms with Crippen molar-refractivity contribution < 1.29 is 29.0 Å². The Morgan fingerprint density at radius 3 is 2.74 bits per heavy atom. The van der Waals surface area contributed by atoms with Gasteiger partial charge in [0.15, 0.2) is 17.1 Å². The lowest BCUT2D eigenvalue weighted by Gasteiger charge is -2.33. The normalized spacial score (nSPS) is 18.2. The number of β-lactam (4-membered cyclic amide) rings is 1. The Balaban J connectivity index is 1.44. The van der Waals surface area contributed by atoms with Crippen LogP contribution in [0.3, 0.4) is 0 Å². The summed E-state index contributed by atoms with van der Waals surface area (Å²) in [5, 5.41) is 12.1. The molecule has 9 nitrogen and oxygen atoms in total. The predicted octanol–water partition coefficient (Wildman–Crippen LogP) is 1.75. The molecule has 2 atom stereocenters. The third-order valence-corrected chi connectivity index (χ3v) is 5.70. The van der Waals surface area contributed by atoms with E-state index in [0.717, 1.165) is 5.56 Å². The molecule has 0 radical (unpaired) electrons. The molecule has 1 saturated heterocycles. The van der Waals surface area contributed by atoms with Crippen LogP contribution in [-0.4, -0.2) is 44.4 Å². The van der Waals surface area contributed by atoms with Crippen LogP contribution < -0.4 is 10.1 Å². The van der Waals surface area contributed by atoms with E-state index in [0.29, 0.717) is 24.3 Å². The van der Waals surface area contributed by atoms with E-state index in [1.54, 1.807) is 42.7 Å². The number of aliphatic hydroxyl groups is 1. The molecule has 0 bridgehead atoms. The van der Waals surface area contributed by atoms with Gasteiger partial charge in [-0.25, -0.2) is 4.79 Å². The van der Waals surface area contributed by atoms with Gasteiger partial charge in [-0.05, 0) is 42.8 Å². The minimum atomic E-state index is -1.31. The van der Waals surface area contributed by atoms with Gasteiger partial charge in [0, 0.05) is 24.5 Å². The molecule has 0 spiro atoms. The van der Waals surface area contributed by atoms with E-state index in [1.165, 1.54) is 23.6 Å². The Morgan fingerprint density at radius 2 is 2.10 bits per heavy atom. The molecule has 10 heteroatoms. The van der Waals surface area contributed by atoms with Gasteiger partial charge in [-0.1, -0.05) is 17.8 Å². The van der Waals surface area contributed by atoms with Crippen LogP contribution >= 0.6 is 11.8 Å². The summed E-state index contributed by atoms with van der Waals surface area (Å²) < 4.78 is 10.6. The number of nitrogens with zero attached hydrogens (tertiary/aromatic N) is 2. The van der Waals surface area contributed by atoms with Gasteiger partial charge in [0.1, 0.15) is 5.75 Å². The second-order valence-corrected chi connectivity index (χ2v) is 8.00. The van der Waals surface area contributed by atoms with Crippen molar-refractivity contribution in [3.63, 3.8) is 0 Å². The van der Waals surface area contributed by atoms with Gasteiger partial charge in [0.25, 0.3) is 5.91 Å². The van der Waals surface area contributed by atoms with E-state index in [4.69, 9.17) is 9.47 Å². The van der Waals surface area contributed by atoms with Crippen molar-refractivity contribution in [2.75, 3.05) is 0 Å². The Bertz CT molecular complexity index is 1040. The average molecular weight is 441 g/mol. The number of hydrogen-bond donors (Lipinski definition) is 2. The molecule has 2 N–H and O–H groups in total. The van der Waals surface area contributed by atoms with Crippen molar-refractivity contribution in [2.24, 2.45) is 0 Å². The molecule has 4 rings (SSSR count). The molecule has 1 aromatic heterocycles. The number of thioether (sulfide) groups is 1. The largest absolute Gasteiger partial charge is 0.448 e. The Hall–Kier alpha value is -3.37. The van der Waals surface area contributed by atoms with Crippen LogP contribution in [0.15, 0.2) is 59.6 Å². The number of hydrogen-bond acceptors (Lipinski definition) is 8. The van der Waals surface area contributed by atoms with Crippen LogP contribution in [0.5, 0.6) is 5.75 Å². The highest BCUT2D eigenvalue weighted by Crippen LogP contribution is 2.47. The number of amides is 2. The number of pyridine rings is 1. The van der Waals surface area contributed by atoms with Crippen LogP contribution in [0.2, 0.25) is 0 Å². The van der Waals surface area contributed by atoms with Crippen LogP contribution in [0, 0.1) is 0 Å². The van der Waals surface area contributed by atoms with Gasteiger partial charge < -0.3 is 19.9 Å². The van der Waals surface area contributed by atoms with E-state index in [2.05, 4.69) is 10.3 Å². The highest BCUT2D eigenvalue weighted by Gasteiger charge is 2.50. The number of benzene rings is 1. The number of carbonyl (C=O) groups is 3. The zero-order chi connectivity index (χ0) is 22.0. The van der Waals surface area contributed by atoms with E-state index < -0.39 is 12.3 Å². The molecule has 0 saturated carbocycles. The SMILES string of the molecule is C[C@H](O)OC(=O)C1=C(Oc2ccc(C(=O)NCc3cccnc3)cc2)S[C@@H]2CC(=O)N12. The maximum absolute atomic E-state index is 12.3. The number of esters is 1. The summed E-state index contributed by atoms with van der Waals surface area (Å²) in [4.78, 5) is 41.9. The minimum Gasteiger partial charge on any atom is -0.448 e. The molecule has 1 aromatic carbocycles. The maximum Gasteiger partial charge on any atom is 0.361 e. The third-order valence-electron chi connectivity index (χ3n) is 4.56. The number of rotatable bonds is 7. The molecule has 3 heterocycles. The first-order valence-corrected chi connectivity index (χ1v) is 10.4.